The van der Waals surface area contributed by atoms with E-state index in [0.29, 0.717) is 10.1 Å². The molecule has 0 saturated carbocycles. The van der Waals surface area contributed by atoms with Gasteiger partial charge in [-0.2, -0.15) is 0 Å². The topological polar surface area (TPSA) is 54.9 Å². The molecular formula is C12H11IN2O2. The van der Waals surface area contributed by atoms with Gasteiger partial charge in [0.25, 0.3) is 5.56 Å². The molecule has 17 heavy (non-hydrogen) atoms. The van der Waals surface area contributed by atoms with Crippen molar-refractivity contribution in [1.29, 1.82) is 0 Å². The number of halogens is 1. The van der Waals surface area contributed by atoms with Crippen molar-refractivity contribution in [2.24, 2.45) is 0 Å². The normalized spacial score (nSPS) is 10.5. The van der Waals surface area contributed by atoms with Crippen LogP contribution < -0.4 is 11.2 Å². The minimum Gasteiger partial charge on any atom is -0.295 e. The van der Waals surface area contributed by atoms with E-state index in [-0.39, 0.29) is 11.2 Å². The van der Waals surface area contributed by atoms with Gasteiger partial charge in [-0.25, -0.2) is 4.79 Å². The van der Waals surface area contributed by atoms with Crippen LogP contribution in [0.25, 0.3) is 0 Å². The van der Waals surface area contributed by atoms with Crippen LogP contribution in [0.3, 0.4) is 0 Å². The van der Waals surface area contributed by atoms with Crippen molar-refractivity contribution in [3.8, 4) is 0 Å². The number of nitrogens with zero attached hydrogens (tertiary/aromatic N) is 1. The smallest absolute Gasteiger partial charge is 0.295 e. The lowest BCUT2D eigenvalue weighted by molar-refractivity contribution is 0.712. The van der Waals surface area contributed by atoms with Crippen LogP contribution in [0, 0.1) is 10.5 Å². The zero-order valence-electron chi connectivity index (χ0n) is 9.24. The molecule has 1 N–H and O–H groups in total. The van der Waals surface area contributed by atoms with E-state index in [1.807, 2.05) is 53.8 Å². The number of H-pyrrole nitrogens is 1. The summed E-state index contributed by atoms with van der Waals surface area (Å²) in [6, 6.07) is 7.86. The summed E-state index contributed by atoms with van der Waals surface area (Å²) in [5, 5.41) is 0. The maximum absolute atomic E-state index is 11.6. The van der Waals surface area contributed by atoms with Crippen molar-refractivity contribution < 1.29 is 0 Å². The van der Waals surface area contributed by atoms with Gasteiger partial charge in [0.2, 0.25) is 0 Å². The highest BCUT2D eigenvalue weighted by Crippen LogP contribution is 2.08. The second-order valence-electron chi connectivity index (χ2n) is 3.79. The summed E-state index contributed by atoms with van der Waals surface area (Å²) in [7, 11) is 0. The van der Waals surface area contributed by atoms with Gasteiger partial charge in [0.15, 0.2) is 0 Å². The van der Waals surface area contributed by atoms with Crippen LogP contribution >= 0.6 is 22.6 Å². The fourth-order valence-corrected chi connectivity index (χ4v) is 2.04. The Morgan fingerprint density at radius 3 is 2.71 bits per heavy atom. The first kappa shape index (κ1) is 12.1. The van der Waals surface area contributed by atoms with E-state index in [0.717, 1.165) is 11.1 Å². The molecule has 2 rings (SSSR count). The Labute approximate surface area is 111 Å². The number of nitrogens with one attached hydrogen (secondary N) is 1. The summed E-state index contributed by atoms with van der Waals surface area (Å²) in [4.78, 5) is 25.1. The van der Waals surface area contributed by atoms with Crippen LogP contribution in [0.4, 0.5) is 0 Å². The Hall–Kier alpha value is -1.37. The molecule has 1 heterocycles. The lowest BCUT2D eigenvalue weighted by Crippen LogP contribution is -2.31. The van der Waals surface area contributed by atoms with Crippen molar-refractivity contribution in [3.05, 3.63) is 66.0 Å². The minimum absolute atomic E-state index is 0.336. The Morgan fingerprint density at radius 2 is 2.00 bits per heavy atom. The van der Waals surface area contributed by atoms with Crippen molar-refractivity contribution >= 4 is 22.6 Å². The second-order valence-corrected chi connectivity index (χ2v) is 4.95. The molecule has 0 fully saturated rings. The largest absolute Gasteiger partial charge is 0.328 e. The third kappa shape index (κ3) is 2.66. The van der Waals surface area contributed by atoms with Crippen LogP contribution in [0.15, 0.2) is 40.1 Å². The van der Waals surface area contributed by atoms with Gasteiger partial charge < -0.3 is 0 Å². The number of aromatic nitrogens is 2. The van der Waals surface area contributed by atoms with E-state index in [9.17, 15) is 9.59 Å². The molecule has 4 nitrogen and oxygen atoms in total. The molecule has 0 radical (unpaired) electrons. The number of benzene rings is 1. The van der Waals surface area contributed by atoms with Gasteiger partial charge in [-0.1, -0.05) is 24.3 Å². The second kappa shape index (κ2) is 4.87. The fraction of sp³-hybridized carbons (Fsp3) is 0.167. The third-order valence-electron chi connectivity index (χ3n) is 2.57. The number of rotatable bonds is 2. The van der Waals surface area contributed by atoms with Crippen LogP contribution in [0.1, 0.15) is 11.1 Å². The molecule has 0 spiro atoms. The van der Waals surface area contributed by atoms with Gasteiger partial charge in [-0.3, -0.25) is 14.3 Å². The molecule has 0 bridgehead atoms. The monoisotopic (exact) mass is 342 g/mol. The fourth-order valence-electron chi connectivity index (χ4n) is 1.57. The molecule has 5 heteroatoms. The number of aryl methyl sites for hydroxylation is 1. The maximum atomic E-state index is 11.6. The van der Waals surface area contributed by atoms with Gasteiger partial charge in [-0.15, -0.1) is 0 Å². The summed E-state index contributed by atoms with van der Waals surface area (Å²) in [5.74, 6) is 0. The maximum Gasteiger partial charge on any atom is 0.328 e. The lowest BCUT2D eigenvalue weighted by atomic mass is 10.1. The molecule has 1 aromatic heterocycles. The first-order valence-corrected chi connectivity index (χ1v) is 6.19. The Bertz CT molecular complexity index is 658. The van der Waals surface area contributed by atoms with E-state index >= 15 is 0 Å². The Kier molecular flexibility index (Phi) is 3.46. The minimum atomic E-state index is -0.376. The molecule has 0 aliphatic rings. The van der Waals surface area contributed by atoms with E-state index < -0.39 is 0 Å². The quantitative estimate of drug-likeness (QED) is 0.841. The summed E-state index contributed by atoms with van der Waals surface area (Å²) in [6.07, 6.45) is 1.58. The molecule has 0 amide bonds. The molecule has 0 saturated heterocycles. The molecule has 0 atom stereocenters. The van der Waals surface area contributed by atoms with Gasteiger partial charge in [0.05, 0.1) is 10.1 Å². The average Bonchev–Trinajstić information content (AvgIpc) is 2.29. The average molecular weight is 342 g/mol. The summed E-state index contributed by atoms with van der Waals surface area (Å²) < 4.78 is 2.02. The van der Waals surface area contributed by atoms with E-state index in [2.05, 4.69) is 4.98 Å². The van der Waals surface area contributed by atoms with Crippen LogP contribution in [-0.2, 0) is 6.54 Å². The molecule has 2 aromatic rings. The van der Waals surface area contributed by atoms with Gasteiger partial charge in [0, 0.05) is 6.20 Å². The highest BCUT2D eigenvalue weighted by molar-refractivity contribution is 14.1. The Balaban J connectivity index is 2.44. The predicted octanol–water partition coefficient (Wildman–Crippen LogP) is 1.50. The molecule has 0 aliphatic carbocycles. The third-order valence-corrected chi connectivity index (χ3v) is 3.34. The van der Waals surface area contributed by atoms with Crippen molar-refractivity contribution in [1.82, 2.24) is 9.55 Å². The predicted molar refractivity (Wildman–Crippen MR) is 74.3 cm³/mol. The number of hydrogen-bond acceptors (Lipinski definition) is 2. The lowest BCUT2D eigenvalue weighted by Gasteiger charge is -2.08. The van der Waals surface area contributed by atoms with Gasteiger partial charge in [0.1, 0.15) is 0 Å². The number of hydrogen-bond donors (Lipinski definition) is 1. The van der Waals surface area contributed by atoms with Gasteiger partial charge in [-0.05, 0) is 40.6 Å². The number of aromatic amines is 1. The van der Waals surface area contributed by atoms with Crippen molar-refractivity contribution in [3.63, 3.8) is 0 Å². The zero-order chi connectivity index (χ0) is 12.4. The van der Waals surface area contributed by atoms with Crippen LogP contribution in [-0.4, -0.2) is 9.55 Å². The highest BCUT2D eigenvalue weighted by atomic mass is 127. The van der Waals surface area contributed by atoms with E-state index in [4.69, 9.17) is 0 Å². The van der Waals surface area contributed by atoms with Crippen LogP contribution in [0.5, 0.6) is 0 Å². The molecule has 0 unspecified atom stereocenters. The van der Waals surface area contributed by atoms with Crippen LogP contribution in [0.2, 0.25) is 0 Å². The summed E-state index contributed by atoms with van der Waals surface area (Å²) in [6.45, 7) is 2.47. The molecule has 1 aromatic carbocycles. The Morgan fingerprint density at radius 1 is 1.29 bits per heavy atom. The first-order chi connectivity index (χ1) is 8.08. The first-order valence-electron chi connectivity index (χ1n) is 5.11. The summed E-state index contributed by atoms with van der Waals surface area (Å²) in [5.41, 5.74) is 1.48. The van der Waals surface area contributed by atoms with Crippen molar-refractivity contribution in [2.75, 3.05) is 0 Å². The standard InChI is InChI=1S/C12H11IN2O2/c1-8-4-2-3-5-9(8)6-15-7-10(13)11(16)14-12(15)17/h2-5,7H,6H2,1H3,(H,14,16,17). The van der Waals surface area contributed by atoms with Crippen molar-refractivity contribution in [2.45, 2.75) is 13.5 Å². The van der Waals surface area contributed by atoms with Gasteiger partial charge >= 0.3 is 5.69 Å². The zero-order valence-corrected chi connectivity index (χ0v) is 11.4. The SMILES string of the molecule is Cc1ccccc1Cn1cc(I)c(=O)[nH]c1=O. The summed E-state index contributed by atoms with van der Waals surface area (Å²) >= 11 is 1.91. The molecule has 0 aliphatic heterocycles. The van der Waals surface area contributed by atoms with E-state index in [1.165, 1.54) is 4.57 Å². The molecule has 88 valence electrons. The highest BCUT2D eigenvalue weighted by Gasteiger charge is 2.04. The van der Waals surface area contributed by atoms with E-state index in [1.54, 1.807) is 6.20 Å². The molecular weight excluding hydrogens is 331 g/mol.